The number of piperidine rings is 1. The molecule has 0 aromatic carbocycles. The van der Waals surface area contributed by atoms with Crippen molar-refractivity contribution in [1.29, 1.82) is 0 Å². The van der Waals surface area contributed by atoms with Crippen LogP contribution in [-0.2, 0) is 16.6 Å². The minimum Gasteiger partial charge on any atom is -0.296 e. The summed E-state index contributed by atoms with van der Waals surface area (Å²) in [6.45, 7) is 2.32. The van der Waals surface area contributed by atoms with E-state index in [4.69, 9.17) is 11.6 Å². The van der Waals surface area contributed by atoms with E-state index in [0.717, 1.165) is 31.5 Å². The number of likely N-dealkylation sites (tertiary alicyclic amines) is 1. The highest BCUT2D eigenvalue weighted by atomic mass is 35.5. The topological polar surface area (TPSA) is 62.3 Å². The molecule has 1 aliphatic heterocycles. The van der Waals surface area contributed by atoms with Crippen LogP contribution in [0.25, 0.3) is 0 Å². The van der Waals surface area contributed by atoms with Gasteiger partial charge in [0.2, 0.25) is 10.0 Å². The summed E-state index contributed by atoms with van der Waals surface area (Å²) in [5.41, 5.74) is 1.08. The molecule has 0 radical (unpaired) electrons. The van der Waals surface area contributed by atoms with Crippen molar-refractivity contribution in [1.82, 2.24) is 14.6 Å². The molecule has 2 rings (SSSR count). The number of hydrogen-bond acceptors (Lipinski definition) is 4. The summed E-state index contributed by atoms with van der Waals surface area (Å²) in [5.74, 6) is 0. The Balaban J connectivity index is 1.94. The molecule has 0 bridgehead atoms. The third-order valence-corrected chi connectivity index (χ3v) is 4.89. The monoisotopic (exact) mass is 331 g/mol. The van der Waals surface area contributed by atoms with Crippen molar-refractivity contribution in [2.75, 3.05) is 19.3 Å². The minimum absolute atomic E-state index is 0.400. The molecule has 1 fully saturated rings. The molecule has 2 heterocycles. The predicted molar refractivity (Wildman–Crippen MR) is 84.8 cm³/mol. The number of hydrogen-bond donors (Lipinski definition) is 1. The maximum atomic E-state index is 11.1. The van der Waals surface area contributed by atoms with E-state index in [9.17, 15) is 8.42 Å². The van der Waals surface area contributed by atoms with Crippen molar-refractivity contribution >= 4 is 21.6 Å². The summed E-state index contributed by atoms with van der Waals surface area (Å²) in [6, 6.07) is 2.35. The van der Waals surface area contributed by atoms with Crippen LogP contribution in [0.3, 0.4) is 0 Å². The molecule has 7 heteroatoms. The summed E-state index contributed by atoms with van der Waals surface area (Å²) in [7, 11) is -3.11. The average Bonchev–Trinajstić information content (AvgIpc) is 2.42. The lowest BCUT2D eigenvalue weighted by atomic mass is 9.98. The summed E-state index contributed by atoms with van der Waals surface area (Å²) >= 11 is 6.17. The fourth-order valence-corrected chi connectivity index (χ4v) is 3.42. The zero-order valence-electron chi connectivity index (χ0n) is 12.3. The quantitative estimate of drug-likeness (QED) is 0.866. The predicted octanol–water partition coefficient (Wildman–Crippen LogP) is 2.03. The molecule has 1 saturated heterocycles. The van der Waals surface area contributed by atoms with Crippen LogP contribution >= 0.6 is 11.6 Å². The highest BCUT2D eigenvalue weighted by Gasteiger charge is 2.23. The van der Waals surface area contributed by atoms with E-state index in [1.54, 1.807) is 12.4 Å². The Morgan fingerprint density at radius 1 is 1.48 bits per heavy atom. The van der Waals surface area contributed by atoms with Crippen LogP contribution in [-0.4, -0.2) is 43.7 Å². The maximum absolute atomic E-state index is 11.1. The van der Waals surface area contributed by atoms with Crippen LogP contribution in [0.5, 0.6) is 0 Å². The van der Waals surface area contributed by atoms with E-state index in [1.165, 1.54) is 19.1 Å². The number of aromatic nitrogens is 1. The van der Waals surface area contributed by atoms with E-state index in [1.807, 2.05) is 6.07 Å². The molecule has 1 unspecified atom stereocenters. The Morgan fingerprint density at radius 3 is 3.00 bits per heavy atom. The van der Waals surface area contributed by atoms with Gasteiger partial charge >= 0.3 is 0 Å². The van der Waals surface area contributed by atoms with E-state index < -0.39 is 10.0 Å². The van der Waals surface area contributed by atoms with Crippen molar-refractivity contribution < 1.29 is 8.42 Å². The molecule has 0 aliphatic carbocycles. The molecule has 1 aliphatic rings. The van der Waals surface area contributed by atoms with Gasteiger partial charge in [-0.25, -0.2) is 13.1 Å². The molecule has 0 amide bonds. The molecular weight excluding hydrogens is 310 g/mol. The third-order valence-electron chi connectivity index (χ3n) is 3.82. The highest BCUT2D eigenvalue weighted by molar-refractivity contribution is 7.88. The van der Waals surface area contributed by atoms with E-state index >= 15 is 0 Å². The lowest BCUT2D eigenvalue weighted by molar-refractivity contribution is 0.133. The summed E-state index contributed by atoms with van der Waals surface area (Å²) < 4.78 is 24.9. The standard InChI is InChI=1S/C14H22ClN3O2S/c1-21(19,20)17-8-6-13-4-2-3-9-18(13)11-12-5-7-16-10-14(12)15/h5,7,10,13,17H,2-4,6,8-9,11H2,1H3. The Morgan fingerprint density at radius 2 is 2.29 bits per heavy atom. The van der Waals surface area contributed by atoms with Crippen molar-refractivity contribution in [3.63, 3.8) is 0 Å². The second-order valence-electron chi connectivity index (χ2n) is 5.54. The van der Waals surface area contributed by atoms with Crippen LogP contribution in [0.4, 0.5) is 0 Å². The lowest BCUT2D eigenvalue weighted by Crippen LogP contribution is -2.41. The van der Waals surface area contributed by atoms with Gasteiger partial charge in [-0.2, -0.15) is 0 Å². The number of pyridine rings is 1. The van der Waals surface area contributed by atoms with Gasteiger partial charge in [0.1, 0.15) is 0 Å². The van der Waals surface area contributed by atoms with Gasteiger partial charge < -0.3 is 0 Å². The summed E-state index contributed by atoms with van der Waals surface area (Å²) in [5, 5.41) is 0.691. The fraction of sp³-hybridized carbons (Fsp3) is 0.643. The summed E-state index contributed by atoms with van der Waals surface area (Å²) in [4.78, 5) is 6.40. The molecule has 21 heavy (non-hydrogen) atoms. The molecule has 5 nitrogen and oxygen atoms in total. The van der Waals surface area contributed by atoms with E-state index in [2.05, 4.69) is 14.6 Å². The lowest BCUT2D eigenvalue weighted by Gasteiger charge is -2.36. The number of nitrogens with one attached hydrogen (secondary N) is 1. The van der Waals surface area contributed by atoms with Crippen molar-refractivity contribution in [2.24, 2.45) is 0 Å². The molecule has 1 aromatic heterocycles. The van der Waals surface area contributed by atoms with Crippen LogP contribution in [0.15, 0.2) is 18.5 Å². The normalized spacial score (nSPS) is 20.6. The molecule has 118 valence electrons. The Labute approximate surface area is 131 Å². The average molecular weight is 332 g/mol. The SMILES string of the molecule is CS(=O)(=O)NCCC1CCCCN1Cc1ccncc1Cl. The van der Waals surface area contributed by atoms with Crippen molar-refractivity contribution in [3.8, 4) is 0 Å². The number of nitrogens with zero attached hydrogens (tertiary/aromatic N) is 2. The molecule has 0 spiro atoms. The van der Waals surface area contributed by atoms with E-state index in [-0.39, 0.29) is 0 Å². The van der Waals surface area contributed by atoms with Crippen molar-refractivity contribution in [2.45, 2.75) is 38.3 Å². The Kier molecular flexibility index (Phi) is 5.98. The first-order valence-corrected chi connectivity index (χ1v) is 9.50. The van der Waals surface area contributed by atoms with Crippen LogP contribution < -0.4 is 4.72 Å². The fourth-order valence-electron chi connectivity index (χ4n) is 2.76. The maximum Gasteiger partial charge on any atom is 0.208 e. The number of rotatable bonds is 6. The zero-order valence-corrected chi connectivity index (χ0v) is 13.8. The first kappa shape index (κ1) is 16.7. The second-order valence-corrected chi connectivity index (χ2v) is 7.78. The van der Waals surface area contributed by atoms with Gasteiger partial charge in [-0.05, 0) is 37.4 Å². The number of sulfonamides is 1. The smallest absolute Gasteiger partial charge is 0.208 e. The molecule has 0 saturated carbocycles. The second kappa shape index (κ2) is 7.54. The largest absolute Gasteiger partial charge is 0.296 e. The first-order chi connectivity index (χ1) is 9.96. The first-order valence-electron chi connectivity index (χ1n) is 7.23. The minimum atomic E-state index is -3.11. The Hall–Kier alpha value is -0.690. The zero-order chi connectivity index (χ0) is 15.3. The van der Waals surface area contributed by atoms with Crippen LogP contribution in [0.2, 0.25) is 5.02 Å². The molecular formula is C14H22ClN3O2S. The van der Waals surface area contributed by atoms with Gasteiger partial charge in [0.05, 0.1) is 11.3 Å². The molecule has 1 aromatic rings. The van der Waals surface area contributed by atoms with Gasteiger partial charge in [-0.1, -0.05) is 18.0 Å². The van der Waals surface area contributed by atoms with Gasteiger partial charge in [0, 0.05) is 31.5 Å². The summed E-state index contributed by atoms with van der Waals surface area (Å²) in [6.07, 6.45) is 8.93. The molecule has 1 atom stereocenters. The van der Waals surface area contributed by atoms with Gasteiger partial charge in [0.25, 0.3) is 0 Å². The Bertz CT molecular complexity index is 565. The third kappa shape index (κ3) is 5.54. The number of halogens is 1. The molecule has 1 N–H and O–H groups in total. The van der Waals surface area contributed by atoms with Crippen LogP contribution in [0, 0.1) is 0 Å². The van der Waals surface area contributed by atoms with Gasteiger partial charge in [0.15, 0.2) is 0 Å². The van der Waals surface area contributed by atoms with Crippen LogP contribution in [0.1, 0.15) is 31.2 Å². The highest BCUT2D eigenvalue weighted by Crippen LogP contribution is 2.24. The van der Waals surface area contributed by atoms with Gasteiger partial charge in [-0.15, -0.1) is 0 Å². The van der Waals surface area contributed by atoms with E-state index in [0.29, 0.717) is 17.6 Å². The van der Waals surface area contributed by atoms with Gasteiger partial charge in [-0.3, -0.25) is 9.88 Å². The van der Waals surface area contributed by atoms with Crippen molar-refractivity contribution in [3.05, 3.63) is 29.0 Å².